The molecule has 0 rings (SSSR count). The molecule has 74 heavy (non-hydrogen) atoms. The van der Waals surface area contributed by atoms with Crippen LogP contribution in [0.4, 0.5) is 0 Å². The Balaban J connectivity index is 6.49. The lowest BCUT2D eigenvalue weighted by Gasteiger charge is -2.30. The number of nitrogens with zero attached hydrogens (tertiary/aromatic N) is 1. The zero-order chi connectivity index (χ0) is 57.0. The first kappa shape index (κ1) is 66.8. The number of nitrogens with two attached hydrogens (primary N) is 4. The number of aliphatic hydroxyl groups excluding tert-OH is 1. The van der Waals surface area contributed by atoms with Crippen LogP contribution in [0.1, 0.15) is 106 Å². The van der Waals surface area contributed by atoms with Crippen LogP contribution in [0.15, 0.2) is 4.99 Å². The number of aliphatic imine (C=N–C) groups is 1. The van der Waals surface area contributed by atoms with E-state index in [2.05, 4.69) is 47.5 Å². The monoisotopic (exact) mass is 1060 g/mol. The molecule has 0 heterocycles. The fourth-order valence-electron chi connectivity index (χ4n) is 6.77. The molecule has 0 unspecified atom stereocenters. The number of guanidine groups is 1. The predicted octanol–water partition coefficient (Wildman–Crippen LogP) is -5.38. The normalized spacial score (nSPS) is 14.8. The maximum atomic E-state index is 13.8. The maximum Gasteiger partial charge on any atom is 0.326 e. The van der Waals surface area contributed by atoms with Gasteiger partial charge in [-0.2, -0.15) is 0 Å². The second-order valence-corrected chi connectivity index (χ2v) is 18.3. The van der Waals surface area contributed by atoms with Gasteiger partial charge in [0.2, 0.25) is 47.3 Å². The summed E-state index contributed by atoms with van der Waals surface area (Å²) < 4.78 is 0. The molecule has 0 aromatic carbocycles. The number of carboxylic acid groups (broad SMARTS) is 4. The minimum absolute atomic E-state index is 0.0395. The molecule has 0 spiro atoms. The van der Waals surface area contributed by atoms with Gasteiger partial charge in [-0.3, -0.25) is 57.7 Å². The molecule has 0 aliphatic carbocycles. The van der Waals surface area contributed by atoms with Gasteiger partial charge in [0.1, 0.15) is 48.3 Å². The topological polar surface area (TPSA) is 519 Å². The standard InChI is InChI=1S/C44H77N13O17/c1-20(2)32(56-42(72)34(22(5)6)57-41(71)33(21(3)4)55-35(65)23(46)18-31(63)64)40(70)54-28(19-58)39(69)52-26(13-15-30(61)62)38(68)51-25(12-14-29(59)60)37(67)50-24(10-7-8-16-45)36(66)53-27(43(73)74)11-9-17-49-44(47)48/h20-28,32-34,58H,7-19,45-46H2,1-6H3,(H,50,67)(H,51,68)(H,52,69)(H,53,66)(H,54,70)(H,55,65)(H,56,72)(H,57,71)(H,59,60)(H,61,62)(H,63,64)(H,73,74)(H4,47,48,49)/t23-,24-,25-,26-,27-,28-,32-,33-,34-/m0/s1. The van der Waals surface area contributed by atoms with Gasteiger partial charge < -0.3 is 91.0 Å². The van der Waals surface area contributed by atoms with Crippen LogP contribution in [0, 0.1) is 17.8 Å². The maximum absolute atomic E-state index is 13.8. The molecule has 30 heteroatoms. The molecule has 0 aliphatic rings. The quantitative estimate of drug-likeness (QED) is 0.0157. The van der Waals surface area contributed by atoms with Gasteiger partial charge in [-0.25, -0.2) is 4.79 Å². The Morgan fingerprint density at radius 2 is 0.797 bits per heavy atom. The van der Waals surface area contributed by atoms with Gasteiger partial charge in [0.25, 0.3) is 0 Å². The van der Waals surface area contributed by atoms with Crippen LogP contribution in [-0.2, 0) is 57.5 Å². The van der Waals surface area contributed by atoms with Gasteiger partial charge >= 0.3 is 23.9 Å². The molecule has 0 aromatic rings. The molecular weight excluding hydrogens is 983 g/mol. The summed E-state index contributed by atoms with van der Waals surface area (Å²) >= 11 is 0. The van der Waals surface area contributed by atoms with E-state index in [1.54, 1.807) is 27.7 Å². The molecule has 0 fully saturated rings. The number of unbranched alkanes of at least 4 members (excludes halogenated alkanes) is 1. The number of hydrogen-bond donors (Lipinski definition) is 17. The Morgan fingerprint density at radius 1 is 0.446 bits per heavy atom. The first-order valence-corrected chi connectivity index (χ1v) is 23.9. The van der Waals surface area contributed by atoms with Crippen molar-refractivity contribution in [3.63, 3.8) is 0 Å². The average Bonchev–Trinajstić information content (AvgIpc) is 3.29. The van der Waals surface area contributed by atoms with E-state index < -0.39 is 182 Å². The molecule has 0 aliphatic heterocycles. The summed E-state index contributed by atoms with van der Waals surface area (Å²) in [5.41, 5.74) is 21.8. The highest BCUT2D eigenvalue weighted by Gasteiger charge is 2.37. The van der Waals surface area contributed by atoms with Crippen molar-refractivity contribution >= 4 is 77.1 Å². The fourth-order valence-corrected chi connectivity index (χ4v) is 6.77. The molecule has 8 amide bonds. The van der Waals surface area contributed by atoms with Crippen LogP contribution in [0.25, 0.3) is 0 Å². The van der Waals surface area contributed by atoms with Crippen molar-refractivity contribution in [2.45, 2.75) is 160 Å². The lowest BCUT2D eigenvalue weighted by atomic mass is 9.97. The summed E-state index contributed by atoms with van der Waals surface area (Å²) in [7, 11) is 0. The number of carboxylic acids is 4. The number of carbonyl (C=O) groups is 12. The highest BCUT2D eigenvalue weighted by molar-refractivity contribution is 5.98. The third-order valence-electron chi connectivity index (χ3n) is 11.0. The SMILES string of the molecule is CC(C)[C@H](NC(=O)[C@@H](NC(=O)[C@@H](NC(=O)[C@@H](N)CC(=O)O)C(C)C)C(C)C)C(=O)N[C@@H](CO)C(=O)N[C@@H](CCC(=O)O)C(=O)N[C@@H](CCC(=O)O)C(=O)N[C@@H](CCCCN)C(=O)N[C@@H](CCCN=C(N)N)C(=O)O. The van der Waals surface area contributed by atoms with E-state index in [-0.39, 0.29) is 44.7 Å². The van der Waals surface area contributed by atoms with Crippen LogP contribution in [0.5, 0.6) is 0 Å². The molecule has 30 nitrogen and oxygen atoms in total. The van der Waals surface area contributed by atoms with E-state index in [1.807, 2.05) is 0 Å². The predicted molar refractivity (Wildman–Crippen MR) is 261 cm³/mol. The third-order valence-corrected chi connectivity index (χ3v) is 11.0. The summed E-state index contributed by atoms with van der Waals surface area (Å²) in [5.74, 6) is -16.1. The lowest BCUT2D eigenvalue weighted by Crippen LogP contribution is -2.62. The Hall–Kier alpha value is -7.21. The average molecular weight is 1060 g/mol. The Kier molecular flexibility index (Phi) is 30.9. The van der Waals surface area contributed by atoms with Gasteiger partial charge in [0, 0.05) is 19.4 Å². The highest BCUT2D eigenvalue weighted by atomic mass is 16.4. The largest absolute Gasteiger partial charge is 0.481 e. The number of aliphatic hydroxyl groups is 1. The van der Waals surface area contributed by atoms with Crippen LogP contribution >= 0.6 is 0 Å². The summed E-state index contributed by atoms with van der Waals surface area (Å²) in [6.45, 7) is 8.38. The number of rotatable bonds is 37. The van der Waals surface area contributed by atoms with E-state index >= 15 is 0 Å². The third kappa shape index (κ3) is 26.0. The number of nitrogens with one attached hydrogen (secondary N) is 8. The number of aliphatic carboxylic acids is 4. The van der Waals surface area contributed by atoms with Gasteiger partial charge in [-0.1, -0.05) is 41.5 Å². The summed E-state index contributed by atoms with van der Waals surface area (Å²) in [5, 5.41) is 66.8. The minimum Gasteiger partial charge on any atom is -0.481 e. The second-order valence-electron chi connectivity index (χ2n) is 18.3. The fraction of sp³-hybridized carbons (Fsp3) is 0.705. The minimum atomic E-state index is -1.87. The van der Waals surface area contributed by atoms with Crippen molar-refractivity contribution in [2.75, 3.05) is 19.7 Å². The van der Waals surface area contributed by atoms with Crippen LogP contribution in [0.3, 0.4) is 0 Å². The zero-order valence-electron chi connectivity index (χ0n) is 42.5. The van der Waals surface area contributed by atoms with Crippen molar-refractivity contribution in [2.24, 2.45) is 45.7 Å². The molecular formula is C44H77N13O17. The van der Waals surface area contributed by atoms with E-state index in [1.165, 1.54) is 13.8 Å². The van der Waals surface area contributed by atoms with Crippen LogP contribution in [0.2, 0.25) is 0 Å². The molecule has 0 saturated heterocycles. The Morgan fingerprint density at radius 3 is 1.15 bits per heavy atom. The van der Waals surface area contributed by atoms with Gasteiger partial charge in [-0.15, -0.1) is 0 Å². The highest BCUT2D eigenvalue weighted by Crippen LogP contribution is 2.12. The lowest BCUT2D eigenvalue weighted by molar-refractivity contribution is -0.142. The first-order chi connectivity index (χ1) is 34.5. The molecule has 0 bridgehead atoms. The van der Waals surface area contributed by atoms with Gasteiger partial charge in [-0.05, 0) is 69.2 Å². The number of hydrogen-bond acceptors (Lipinski definition) is 16. The van der Waals surface area contributed by atoms with Crippen molar-refractivity contribution < 1.29 is 83.1 Å². The molecule has 0 saturated carbocycles. The van der Waals surface area contributed by atoms with Crippen molar-refractivity contribution in [1.82, 2.24) is 42.5 Å². The molecule has 0 aromatic heterocycles. The second kappa shape index (κ2) is 34.3. The molecule has 9 atom stereocenters. The van der Waals surface area contributed by atoms with Gasteiger partial charge in [0.15, 0.2) is 5.96 Å². The molecule has 420 valence electrons. The van der Waals surface area contributed by atoms with E-state index in [0.717, 1.165) is 0 Å². The Labute approximate surface area is 427 Å². The summed E-state index contributed by atoms with van der Waals surface area (Å²) in [6, 6.07) is -13.9. The van der Waals surface area contributed by atoms with Crippen molar-refractivity contribution in [1.29, 1.82) is 0 Å². The summed E-state index contributed by atoms with van der Waals surface area (Å²) in [6.07, 6.45) is -2.96. The molecule has 0 radical (unpaired) electrons. The number of amides is 8. The molecule has 21 N–H and O–H groups in total. The first-order valence-electron chi connectivity index (χ1n) is 23.9. The van der Waals surface area contributed by atoms with Crippen molar-refractivity contribution in [3.8, 4) is 0 Å². The smallest absolute Gasteiger partial charge is 0.326 e. The van der Waals surface area contributed by atoms with E-state index in [4.69, 9.17) is 28.0 Å². The van der Waals surface area contributed by atoms with Crippen LogP contribution < -0.4 is 65.5 Å². The van der Waals surface area contributed by atoms with Crippen LogP contribution in [-0.4, -0.2) is 177 Å². The number of carbonyl (C=O) groups excluding carboxylic acids is 8. The Bertz CT molecular complexity index is 1980. The zero-order valence-corrected chi connectivity index (χ0v) is 42.5. The summed E-state index contributed by atoms with van der Waals surface area (Å²) in [4.78, 5) is 158. The van der Waals surface area contributed by atoms with Gasteiger partial charge in [0.05, 0.1) is 19.1 Å². The van der Waals surface area contributed by atoms with E-state index in [0.29, 0.717) is 6.42 Å². The van der Waals surface area contributed by atoms with Crippen molar-refractivity contribution in [3.05, 3.63) is 0 Å². The van der Waals surface area contributed by atoms with E-state index in [9.17, 15) is 78.0 Å².